The summed E-state index contributed by atoms with van der Waals surface area (Å²) in [7, 11) is -1.61. The van der Waals surface area contributed by atoms with E-state index in [1.165, 1.54) is 17.6 Å². The molecule has 0 saturated carbocycles. The van der Waals surface area contributed by atoms with Gasteiger partial charge in [0.1, 0.15) is 0 Å². The first kappa shape index (κ1) is 13.4. The molecule has 1 heterocycles. The molecule has 0 radical (unpaired) electrons. The predicted octanol–water partition coefficient (Wildman–Crippen LogP) is -1.17. The van der Waals surface area contributed by atoms with Gasteiger partial charge in [0.15, 0.2) is 0 Å². The highest BCUT2D eigenvalue weighted by Crippen LogP contribution is 2.16. The first-order valence-electron chi connectivity index (χ1n) is 5.27. The van der Waals surface area contributed by atoms with E-state index in [1.807, 2.05) is 4.90 Å². The Hall–Kier alpha value is -0.660. The van der Waals surface area contributed by atoms with Crippen LogP contribution in [0.2, 0.25) is 0 Å². The van der Waals surface area contributed by atoms with E-state index in [4.69, 9.17) is 5.73 Å². The predicted molar refractivity (Wildman–Crippen MR) is 61.3 cm³/mol. The minimum Gasteiger partial charge on any atom is -0.368 e. The van der Waals surface area contributed by atoms with E-state index in [0.29, 0.717) is 13.1 Å². The summed E-state index contributed by atoms with van der Waals surface area (Å²) in [6.45, 7) is 1.75. The lowest BCUT2D eigenvalue weighted by atomic mass is 10.2. The average Bonchev–Trinajstić information content (AvgIpc) is 2.60. The monoisotopic (exact) mass is 249 g/mol. The Morgan fingerprint density at radius 3 is 2.69 bits per heavy atom. The van der Waals surface area contributed by atoms with Gasteiger partial charge in [0, 0.05) is 20.1 Å². The highest BCUT2D eigenvalue weighted by molar-refractivity contribution is 7.88. The molecular formula is C9H19N3O3S. The number of hydrogen-bond acceptors (Lipinski definition) is 4. The molecule has 0 aromatic carbocycles. The summed E-state index contributed by atoms with van der Waals surface area (Å²) in [5.41, 5.74) is 5.27. The second-order valence-corrected chi connectivity index (χ2v) is 6.27. The van der Waals surface area contributed by atoms with Crippen LogP contribution in [0.5, 0.6) is 0 Å². The zero-order chi connectivity index (χ0) is 12.3. The van der Waals surface area contributed by atoms with Gasteiger partial charge in [-0.15, -0.1) is 0 Å². The Morgan fingerprint density at radius 2 is 2.19 bits per heavy atom. The molecule has 1 amide bonds. The van der Waals surface area contributed by atoms with Crippen LogP contribution in [-0.4, -0.2) is 62.5 Å². The molecule has 1 fully saturated rings. The molecule has 7 heteroatoms. The lowest BCUT2D eigenvalue weighted by molar-refractivity contribution is -0.122. The maximum Gasteiger partial charge on any atom is 0.234 e. The van der Waals surface area contributed by atoms with Gasteiger partial charge < -0.3 is 5.73 Å². The van der Waals surface area contributed by atoms with Crippen molar-refractivity contribution in [3.63, 3.8) is 0 Å². The Balaban J connectivity index is 2.46. The second kappa shape index (κ2) is 5.11. The van der Waals surface area contributed by atoms with E-state index >= 15 is 0 Å². The van der Waals surface area contributed by atoms with Crippen LogP contribution >= 0.6 is 0 Å². The maximum absolute atomic E-state index is 11.2. The van der Waals surface area contributed by atoms with Crippen LogP contribution in [0.4, 0.5) is 0 Å². The molecule has 6 nitrogen and oxygen atoms in total. The van der Waals surface area contributed by atoms with E-state index in [9.17, 15) is 13.2 Å². The smallest absolute Gasteiger partial charge is 0.234 e. The molecule has 1 atom stereocenters. The molecule has 94 valence electrons. The summed E-state index contributed by atoms with van der Waals surface area (Å²) >= 11 is 0. The number of carbonyl (C=O) groups excluding carboxylic acids is 1. The number of likely N-dealkylation sites (N-methyl/N-ethyl adjacent to an activating group) is 1. The Kier molecular flexibility index (Phi) is 4.28. The minimum atomic E-state index is -3.14. The maximum atomic E-state index is 11.2. The van der Waals surface area contributed by atoms with Crippen molar-refractivity contribution in [1.29, 1.82) is 0 Å². The Bertz CT molecular complexity index is 355. The third kappa shape index (κ3) is 3.43. The van der Waals surface area contributed by atoms with Gasteiger partial charge in [0.05, 0.1) is 12.3 Å². The standard InChI is InChI=1S/C9H19N3O3S/c1-11(16(2,14)15)6-7-12-5-3-4-8(12)9(10)13/h8H,3-7H2,1-2H3,(H2,10,13)/t8-/m0/s1. The molecule has 0 unspecified atom stereocenters. The van der Waals surface area contributed by atoms with Crippen molar-refractivity contribution in [3.8, 4) is 0 Å². The van der Waals surface area contributed by atoms with Crippen molar-refractivity contribution >= 4 is 15.9 Å². The number of carbonyl (C=O) groups is 1. The number of nitrogens with two attached hydrogens (primary N) is 1. The molecule has 1 rings (SSSR count). The van der Waals surface area contributed by atoms with Crippen LogP contribution in [0.1, 0.15) is 12.8 Å². The van der Waals surface area contributed by atoms with Gasteiger partial charge in [-0.05, 0) is 19.4 Å². The number of rotatable bonds is 5. The van der Waals surface area contributed by atoms with Crippen LogP contribution in [0, 0.1) is 0 Å². The molecule has 0 bridgehead atoms. The molecule has 0 aromatic rings. The summed E-state index contributed by atoms with van der Waals surface area (Å²) in [6, 6.07) is -0.229. The van der Waals surface area contributed by atoms with Gasteiger partial charge in [0.2, 0.25) is 15.9 Å². The van der Waals surface area contributed by atoms with Gasteiger partial charge in [-0.1, -0.05) is 0 Å². The van der Waals surface area contributed by atoms with E-state index in [1.54, 1.807) is 0 Å². The van der Waals surface area contributed by atoms with Gasteiger partial charge >= 0.3 is 0 Å². The van der Waals surface area contributed by atoms with Crippen molar-refractivity contribution < 1.29 is 13.2 Å². The van der Waals surface area contributed by atoms with Crippen molar-refractivity contribution in [3.05, 3.63) is 0 Å². The molecule has 1 aliphatic heterocycles. The van der Waals surface area contributed by atoms with Crippen molar-refractivity contribution in [1.82, 2.24) is 9.21 Å². The molecule has 1 aliphatic rings. The Morgan fingerprint density at radius 1 is 1.56 bits per heavy atom. The quantitative estimate of drug-likeness (QED) is 0.665. The normalized spacial score (nSPS) is 22.8. The van der Waals surface area contributed by atoms with Gasteiger partial charge in [0.25, 0.3) is 0 Å². The van der Waals surface area contributed by atoms with Crippen LogP contribution in [0.15, 0.2) is 0 Å². The summed E-state index contributed by atoms with van der Waals surface area (Å²) in [5.74, 6) is -0.320. The van der Waals surface area contributed by atoms with E-state index < -0.39 is 10.0 Å². The summed E-state index contributed by atoms with van der Waals surface area (Å²) in [4.78, 5) is 13.1. The number of sulfonamides is 1. The lowest BCUT2D eigenvalue weighted by Gasteiger charge is -2.24. The summed E-state index contributed by atoms with van der Waals surface area (Å²) in [5, 5.41) is 0. The number of hydrogen-bond donors (Lipinski definition) is 1. The first-order chi connectivity index (χ1) is 7.32. The van der Waals surface area contributed by atoms with Gasteiger partial charge in [-0.25, -0.2) is 12.7 Å². The van der Waals surface area contributed by atoms with Crippen LogP contribution in [-0.2, 0) is 14.8 Å². The van der Waals surface area contributed by atoms with E-state index in [2.05, 4.69) is 0 Å². The SMILES string of the molecule is CN(CCN1CCC[C@H]1C(N)=O)S(C)(=O)=O. The molecule has 1 saturated heterocycles. The van der Waals surface area contributed by atoms with E-state index in [-0.39, 0.29) is 11.9 Å². The highest BCUT2D eigenvalue weighted by Gasteiger charge is 2.29. The largest absolute Gasteiger partial charge is 0.368 e. The molecular weight excluding hydrogens is 230 g/mol. The number of primary amides is 1. The first-order valence-corrected chi connectivity index (χ1v) is 7.12. The number of amides is 1. The Labute approximate surface area is 96.4 Å². The lowest BCUT2D eigenvalue weighted by Crippen LogP contribution is -2.44. The zero-order valence-electron chi connectivity index (χ0n) is 9.72. The summed E-state index contributed by atoms with van der Waals surface area (Å²) < 4.78 is 23.6. The van der Waals surface area contributed by atoms with Crippen LogP contribution < -0.4 is 5.73 Å². The molecule has 16 heavy (non-hydrogen) atoms. The zero-order valence-corrected chi connectivity index (χ0v) is 10.5. The molecule has 2 N–H and O–H groups in total. The third-order valence-corrected chi connectivity index (χ3v) is 4.28. The summed E-state index contributed by atoms with van der Waals surface area (Å²) in [6.07, 6.45) is 2.89. The average molecular weight is 249 g/mol. The molecule has 0 spiro atoms. The minimum absolute atomic E-state index is 0.229. The van der Waals surface area contributed by atoms with Gasteiger partial charge in [-0.3, -0.25) is 9.69 Å². The van der Waals surface area contributed by atoms with Crippen molar-refractivity contribution in [2.45, 2.75) is 18.9 Å². The molecule has 0 aromatic heterocycles. The van der Waals surface area contributed by atoms with Crippen LogP contribution in [0.3, 0.4) is 0 Å². The van der Waals surface area contributed by atoms with Crippen LogP contribution in [0.25, 0.3) is 0 Å². The fourth-order valence-electron chi connectivity index (χ4n) is 1.85. The van der Waals surface area contributed by atoms with Gasteiger partial charge in [-0.2, -0.15) is 0 Å². The topological polar surface area (TPSA) is 83.7 Å². The molecule has 0 aliphatic carbocycles. The number of nitrogens with zero attached hydrogens (tertiary/aromatic N) is 2. The fourth-order valence-corrected chi connectivity index (χ4v) is 2.26. The van der Waals surface area contributed by atoms with Crippen molar-refractivity contribution in [2.24, 2.45) is 5.73 Å². The second-order valence-electron chi connectivity index (χ2n) is 4.18. The highest BCUT2D eigenvalue weighted by atomic mass is 32.2. The number of likely N-dealkylation sites (tertiary alicyclic amines) is 1. The third-order valence-electron chi connectivity index (χ3n) is 2.96. The van der Waals surface area contributed by atoms with Crippen molar-refractivity contribution in [2.75, 3.05) is 32.9 Å². The van der Waals surface area contributed by atoms with E-state index in [0.717, 1.165) is 19.4 Å². The fraction of sp³-hybridized carbons (Fsp3) is 0.889.